The Labute approximate surface area is 104 Å². The smallest absolute Gasteiger partial charge is 0.341 e. The summed E-state index contributed by atoms with van der Waals surface area (Å²) in [5, 5.41) is 8.60. The molecule has 0 bridgehead atoms. The number of aromatic carboxylic acids is 1. The summed E-state index contributed by atoms with van der Waals surface area (Å²) < 4.78 is 26.8. The van der Waals surface area contributed by atoms with Gasteiger partial charge in [-0.3, -0.25) is 4.79 Å². The summed E-state index contributed by atoms with van der Waals surface area (Å²) in [6, 6.07) is 0.704. The van der Waals surface area contributed by atoms with Crippen LogP contribution in [-0.2, 0) is 0 Å². The van der Waals surface area contributed by atoms with Gasteiger partial charge in [-0.2, -0.15) is 0 Å². The molecule has 0 spiro atoms. The van der Waals surface area contributed by atoms with Crippen LogP contribution in [0.3, 0.4) is 0 Å². The van der Waals surface area contributed by atoms with E-state index in [1.807, 2.05) is 0 Å². The van der Waals surface area contributed by atoms with E-state index in [9.17, 15) is 18.4 Å². The number of halogens is 2. The highest BCUT2D eigenvalue weighted by Gasteiger charge is 2.18. The molecular formula is C11H7F2NO3S. The average Bonchev–Trinajstić information content (AvgIpc) is 2.32. The third-order valence-corrected chi connectivity index (χ3v) is 3.25. The lowest BCUT2D eigenvalue weighted by molar-refractivity contribution is 0.0695. The first-order valence-corrected chi connectivity index (χ1v) is 6.00. The highest BCUT2D eigenvalue weighted by molar-refractivity contribution is 7.98. The molecule has 0 saturated carbocycles. The molecule has 0 fully saturated rings. The Bertz CT molecular complexity index is 711. The zero-order valence-corrected chi connectivity index (χ0v) is 9.90. The number of aromatic nitrogens is 1. The molecule has 4 nitrogen and oxygen atoms in total. The second-order valence-corrected chi connectivity index (χ2v) is 4.28. The molecule has 1 aromatic carbocycles. The Hall–Kier alpha value is -1.89. The van der Waals surface area contributed by atoms with Gasteiger partial charge in [0.25, 0.3) is 0 Å². The Morgan fingerprint density at radius 3 is 2.67 bits per heavy atom. The van der Waals surface area contributed by atoms with Crippen LogP contribution in [0.5, 0.6) is 0 Å². The monoisotopic (exact) mass is 271 g/mol. The molecule has 2 aromatic rings. The third kappa shape index (κ3) is 1.76. The van der Waals surface area contributed by atoms with Crippen molar-refractivity contribution in [3.05, 3.63) is 39.7 Å². The van der Waals surface area contributed by atoms with Gasteiger partial charge in [-0.15, -0.1) is 11.8 Å². The molecule has 0 unspecified atom stereocenters. The summed E-state index contributed by atoms with van der Waals surface area (Å²) in [5.74, 6) is -3.66. The zero-order chi connectivity index (χ0) is 13.4. The van der Waals surface area contributed by atoms with Gasteiger partial charge in [-0.05, 0) is 12.3 Å². The molecule has 1 heterocycles. The number of carboxylic acid groups (broad SMARTS) is 1. The Morgan fingerprint density at radius 2 is 2.11 bits per heavy atom. The highest BCUT2D eigenvalue weighted by atomic mass is 32.2. The molecule has 0 saturated heterocycles. The van der Waals surface area contributed by atoms with E-state index in [1.54, 1.807) is 0 Å². The molecule has 1 aromatic heterocycles. The van der Waals surface area contributed by atoms with Crippen molar-refractivity contribution >= 4 is 28.6 Å². The van der Waals surface area contributed by atoms with Crippen LogP contribution in [0.1, 0.15) is 10.4 Å². The fourth-order valence-electron chi connectivity index (χ4n) is 1.63. The van der Waals surface area contributed by atoms with Crippen molar-refractivity contribution in [3.8, 4) is 0 Å². The maximum Gasteiger partial charge on any atom is 0.341 e. The summed E-state index contributed by atoms with van der Waals surface area (Å²) >= 11 is 0.929. The SMILES string of the molecule is CSc1c(F)c(F)cc2c(=O)c(C(=O)O)c[nH]c12. The van der Waals surface area contributed by atoms with Gasteiger partial charge in [0, 0.05) is 6.20 Å². The van der Waals surface area contributed by atoms with Crippen LogP contribution in [0.4, 0.5) is 8.78 Å². The van der Waals surface area contributed by atoms with E-state index in [0.29, 0.717) is 6.07 Å². The quantitative estimate of drug-likeness (QED) is 0.822. The van der Waals surface area contributed by atoms with Crippen LogP contribution in [-0.4, -0.2) is 22.3 Å². The predicted molar refractivity (Wildman–Crippen MR) is 63.2 cm³/mol. The summed E-state index contributed by atoms with van der Waals surface area (Å²) in [5.41, 5.74) is -1.26. The van der Waals surface area contributed by atoms with E-state index in [0.717, 1.165) is 18.0 Å². The third-order valence-electron chi connectivity index (χ3n) is 2.46. The van der Waals surface area contributed by atoms with Crippen LogP contribution in [0.2, 0.25) is 0 Å². The first-order chi connectivity index (χ1) is 8.47. The van der Waals surface area contributed by atoms with Gasteiger partial charge in [0.2, 0.25) is 5.43 Å². The minimum atomic E-state index is -1.42. The standard InChI is InChI=1S/C11H7F2NO3S/c1-18-10-7(13)6(12)2-4-8(10)14-3-5(9(4)15)11(16)17/h2-3H,1H3,(H,14,15)(H,16,17). The molecule has 2 rings (SSSR count). The van der Waals surface area contributed by atoms with E-state index >= 15 is 0 Å². The lowest BCUT2D eigenvalue weighted by Crippen LogP contribution is -2.16. The van der Waals surface area contributed by atoms with E-state index in [2.05, 4.69) is 4.98 Å². The maximum absolute atomic E-state index is 13.5. The normalized spacial score (nSPS) is 10.8. The molecule has 0 radical (unpaired) electrons. The Balaban J connectivity index is 2.97. The first kappa shape index (κ1) is 12.6. The summed E-state index contributed by atoms with van der Waals surface area (Å²) in [6.45, 7) is 0. The molecule has 0 amide bonds. The van der Waals surface area contributed by atoms with Crippen LogP contribution in [0.15, 0.2) is 22.0 Å². The van der Waals surface area contributed by atoms with Gasteiger partial charge >= 0.3 is 5.97 Å². The average molecular weight is 271 g/mol. The van der Waals surface area contributed by atoms with E-state index in [1.165, 1.54) is 6.26 Å². The lowest BCUT2D eigenvalue weighted by atomic mass is 10.1. The number of benzene rings is 1. The largest absolute Gasteiger partial charge is 0.477 e. The zero-order valence-electron chi connectivity index (χ0n) is 9.08. The number of H-pyrrole nitrogens is 1. The van der Waals surface area contributed by atoms with Crippen molar-refractivity contribution in [3.63, 3.8) is 0 Å². The van der Waals surface area contributed by atoms with E-state index < -0.39 is 28.6 Å². The Morgan fingerprint density at radius 1 is 1.44 bits per heavy atom. The van der Waals surface area contributed by atoms with Crippen LogP contribution >= 0.6 is 11.8 Å². The van der Waals surface area contributed by atoms with Gasteiger partial charge < -0.3 is 10.1 Å². The summed E-state index contributed by atoms with van der Waals surface area (Å²) in [7, 11) is 0. The van der Waals surface area contributed by atoms with Gasteiger partial charge in [-0.25, -0.2) is 13.6 Å². The molecule has 94 valence electrons. The second kappa shape index (κ2) is 4.41. The number of carbonyl (C=O) groups is 1. The number of hydrogen-bond acceptors (Lipinski definition) is 3. The molecule has 0 aliphatic heterocycles. The number of hydrogen-bond donors (Lipinski definition) is 2. The number of aromatic amines is 1. The van der Waals surface area contributed by atoms with Crippen LogP contribution < -0.4 is 5.43 Å². The fraction of sp³-hybridized carbons (Fsp3) is 0.0909. The predicted octanol–water partition coefficient (Wildman–Crippen LogP) is 2.23. The molecule has 2 N–H and O–H groups in total. The highest BCUT2D eigenvalue weighted by Crippen LogP contribution is 2.28. The van der Waals surface area contributed by atoms with Gasteiger partial charge in [0.05, 0.1) is 15.8 Å². The number of fused-ring (bicyclic) bond motifs is 1. The molecule has 7 heteroatoms. The van der Waals surface area contributed by atoms with Crippen molar-refractivity contribution in [2.45, 2.75) is 4.90 Å². The minimum absolute atomic E-state index is 0.0564. The molecule has 0 aliphatic carbocycles. The van der Waals surface area contributed by atoms with Gasteiger partial charge in [-0.1, -0.05) is 0 Å². The molecule has 0 aliphatic rings. The topological polar surface area (TPSA) is 70.2 Å². The number of thioether (sulfide) groups is 1. The molecule has 0 atom stereocenters. The van der Waals surface area contributed by atoms with Crippen molar-refractivity contribution in [2.24, 2.45) is 0 Å². The summed E-state index contributed by atoms with van der Waals surface area (Å²) in [4.78, 5) is 25.0. The van der Waals surface area contributed by atoms with Gasteiger partial charge in [0.15, 0.2) is 11.6 Å². The van der Waals surface area contributed by atoms with E-state index in [4.69, 9.17) is 5.11 Å². The Kier molecular flexibility index (Phi) is 3.08. The van der Waals surface area contributed by atoms with Crippen LogP contribution in [0, 0.1) is 11.6 Å². The lowest BCUT2D eigenvalue weighted by Gasteiger charge is -2.06. The van der Waals surface area contributed by atoms with Crippen molar-refractivity contribution < 1.29 is 18.7 Å². The molecular weight excluding hydrogens is 264 g/mol. The number of carboxylic acids is 1. The first-order valence-electron chi connectivity index (χ1n) is 4.78. The number of nitrogens with one attached hydrogen (secondary N) is 1. The molecule has 18 heavy (non-hydrogen) atoms. The van der Waals surface area contributed by atoms with Crippen molar-refractivity contribution in [1.29, 1.82) is 0 Å². The maximum atomic E-state index is 13.5. The number of rotatable bonds is 2. The number of pyridine rings is 1. The van der Waals surface area contributed by atoms with Crippen LogP contribution in [0.25, 0.3) is 10.9 Å². The minimum Gasteiger partial charge on any atom is -0.477 e. The van der Waals surface area contributed by atoms with E-state index in [-0.39, 0.29) is 15.8 Å². The summed E-state index contributed by atoms with van der Waals surface area (Å²) in [6.07, 6.45) is 2.50. The van der Waals surface area contributed by atoms with Gasteiger partial charge in [0.1, 0.15) is 5.56 Å². The van der Waals surface area contributed by atoms with Crippen molar-refractivity contribution in [1.82, 2.24) is 4.98 Å². The second-order valence-electron chi connectivity index (χ2n) is 3.46. The van der Waals surface area contributed by atoms with Crippen molar-refractivity contribution in [2.75, 3.05) is 6.26 Å². The fourth-order valence-corrected chi connectivity index (χ4v) is 2.28.